The van der Waals surface area contributed by atoms with Gasteiger partial charge in [0.1, 0.15) is 18.3 Å². The molecule has 0 aromatic carbocycles. The molecule has 0 spiro atoms. The Morgan fingerprint density at radius 3 is 2.06 bits per heavy atom. The van der Waals surface area contributed by atoms with Gasteiger partial charge in [-0.15, -0.1) is 0 Å². The van der Waals surface area contributed by atoms with Gasteiger partial charge in [0.05, 0.1) is 6.61 Å². The van der Waals surface area contributed by atoms with Crippen LogP contribution in [0.1, 0.15) is 20.8 Å². The molecule has 1 aliphatic heterocycles. The monoisotopic (exact) mass is 264 g/mol. The van der Waals surface area contributed by atoms with E-state index in [9.17, 15) is 10.2 Å². The highest BCUT2D eigenvalue weighted by Crippen LogP contribution is 2.39. The Kier molecular flexibility index (Phi) is 4.39. The second-order valence-corrected chi connectivity index (χ2v) is 10.8. The average Bonchev–Trinajstić information content (AvgIpc) is 2.43. The molecule has 1 aliphatic rings. The van der Waals surface area contributed by atoms with E-state index < -0.39 is 32.9 Å². The van der Waals surface area contributed by atoms with Crippen LogP contribution in [-0.4, -0.2) is 54.8 Å². The summed E-state index contributed by atoms with van der Waals surface area (Å²) in [5, 5.41) is 28.4. The van der Waals surface area contributed by atoms with Gasteiger partial charge in [0, 0.05) is 0 Å². The van der Waals surface area contributed by atoms with Crippen LogP contribution in [0.15, 0.2) is 0 Å². The summed E-state index contributed by atoms with van der Waals surface area (Å²) in [6.45, 7) is 10.0. The molecule has 0 aromatic heterocycles. The molecule has 6 heteroatoms. The summed E-state index contributed by atoms with van der Waals surface area (Å²) in [6.07, 6.45) is -3.79. The first-order valence-corrected chi connectivity index (χ1v) is 8.81. The maximum absolute atomic E-state index is 9.80. The topological polar surface area (TPSA) is 79.2 Å². The van der Waals surface area contributed by atoms with Gasteiger partial charge in [-0.1, -0.05) is 20.8 Å². The van der Waals surface area contributed by atoms with E-state index in [1.54, 1.807) is 0 Å². The second kappa shape index (κ2) is 4.95. The number of ether oxygens (including phenoxy) is 1. The van der Waals surface area contributed by atoms with Crippen LogP contribution in [0.25, 0.3) is 0 Å². The van der Waals surface area contributed by atoms with E-state index in [1.165, 1.54) is 0 Å². The van der Waals surface area contributed by atoms with Crippen molar-refractivity contribution in [3.05, 3.63) is 0 Å². The van der Waals surface area contributed by atoms with Crippen LogP contribution in [0.5, 0.6) is 0 Å². The molecule has 0 bridgehead atoms. The normalized spacial score (nSPS) is 35.3. The highest BCUT2D eigenvalue weighted by atomic mass is 28.4. The number of hydrogen-bond acceptors (Lipinski definition) is 5. The van der Waals surface area contributed by atoms with Crippen molar-refractivity contribution in [2.75, 3.05) is 6.61 Å². The second-order valence-electron chi connectivity index (χ2n) is 6.08. The van der Waals surface area contributed by atoms with E-state index in [2.05, 4.69) is 20.8 Å². The van der Waals surface area contributed by atoms with Crippen molar-refractivity contribution in [1.29, 1.82) is 0 Å². The summed E-state index contributed by atoms with van der Waals surface area (Å²) in [4.78, 5) is 0. The van der Waals surface area contributed by atoms with E-state index in [0.29, 0.717) is 0 Å². The minimum absolute atomic E-state index is 0.00165. The molecule has 1 fully saturated rings. The summed E-state index contributed by atoms with van der Waals surface area (Å²) in [5.41, 5.74) is 0. The van der Waals surface area contributed by atoms with Gasteiger partial charge in [-0.05, 0) is 18.1 Å². The van der Waals surface area contributed by atoms with Crippen LogP contribution < -0.4 is 0 Å². The van der Waals surface area contributed by atoms with Gasteiger partial charge in [0.2, 0.25) is 0 Å². The molecule has 1 heterocycles. The average molecular weight is 264 g/mol. The number of aliphatic hydroxyl groups is 3. The first kappa shape index (κ1) is 15.1. The van der Waals surface area contributed by atoms with Crippen molar-refractivity contribution in [2.24, 2.45) is 0 Å². The summed E-state index contributed by atoms with van der Waals surface area (Å²) < 4.78 is 11.2. The fraction of sp³-hybridized carbons (Fsp3) is 1.00. The molecule has 0 radical (unpaired) electrons. The fourth-order valence-electron chi connectivity index (χ4n) is 1.43. The largest absolute Gasteiger partial charge is 0.394 e. The van der Waals surface area contributed by atoms with Gasteiger partial charge in [-0.3, -0.25) is 0 Å². The van der Waals surface area contributed by atoms with Crippen LogP contribution in [0.2, 0.25) is 18.1 Å². The lowest BCUT2D eigenvalue weighted by molar-refractivity contribution is -0.123. The third-order valence-corrected chi connectivity index (χ3v) is 8.15. The molecule has 0 saturated carbocycles. The summed E-state index contributed by atoms with van der Waals surface area (Å²) in [5.74, 6) is 0. The van der Waals surface area contributed by atoms with Gasteiger partial charge < -0.3 is 24.5 Å². The molecule has 0 amide bonds. The lowest BCUT2D eigenvalue weighted by Gasteiger charge is -2.38. The van der Waals surface area contributed by atoms with Crippen LogP contribution in [-0.2, 0) is 9.16 Å². The van der Waals surface area contributed by atoms with E-state index in [-0.39, 0.29) is 11.6 Å². The molecule has 0 aliphatic carbocycles. The van der Waals surface area contributed by atoms with Crippen LogP contribution >= 0.6 is 0 Å². The zero-order valence-electron chi connectivity index (χ0n) is 11.2. The molecule has 1 saturated heterocycles. The van der Waals surface area contributed by atoms with E-state index >= 15 is 0 Å². The first-order chi connectivity index (χ1) is 7.60. The lowest BCUT2D eigenvalue weighted by Crippen LogP contribution is -2.47. The lowest BCUT2D eigenvalue weighted by atomic mass is 10.1. The Morgan fingerprint density at radius 2 is 1.71 bits per heavy atom. The smallest absolute Gasteiger partial charge is 0.195 e. The van der Waals surface area contributed by atoms with E-state index in [0.717, 1.165) is 0 Å². The number of aliphatic hydroxyl groups excluding tert-OH is 3. The summed E-state index contributed by atoms with van der Waals surface area (Å²) >= 11 is 0. The fourth-order valence-corrected chi connectivity index (χ4v) is 2.56. The first-order valence-electron chi connectivity index (χ1n) is 5.90. The predicted octanol–water partition coefficient (Wildman–Crippen LogP) is 0.447. The molecule has 5 nitrogen and oxygen atoms in total. The Morgan fingerprint density at radius 1 is 1.18 bits per heavy atom. The highest BCUT2D eigenvalue weighted by Gasteiger charge is 2.48. The van der Waals surface area contributed by atoms with Gasteiger partial charge in [0.15, 0.2) is 14.6 Å². The van der Waals surface area contributed by atoms with Gasteiger partial charge in [-0.25, -0.2) is 0 Å². The Balaban J connectivity index is 2.71. The molecule has 17 heavy (non-hydrogen) atoms. The Bertz CT molecular complexity index is 263. The van der Waals surface area contributed by atoms with Gasteiger partial charge >= 0.3 is 0 Å². The maximum Gasteiger partial charge on any atom is 0.195 e. The summed E-state index contributed by atoms with van der Waals surface area (Å²) in [6, 6.07) is 0. The zero-order valence-corrected chi connectivity index (χ0v) is 12.2. The molecule has 0 aromatic rings. The predicted molar refractivity (Wildman–Crippen MR) is 66.0 cm³/mol. The molecule has 4 atom stereocenters. The maximum atomic E-state index is 9.80. The van der Waals surface area contributed by atoms with Crippen LogP contribution in [0.4, 0.5) is 0 Å². The van der Waals surface area contributed by atoms with E-state index in [1.807, 2.05) is 13.1 Å². The van der Waals surface area contributed by atoms with Gasteiger partial charge in [0.25, 0.3) is 0 Å². The molecular formula is C11H24O5Si. The molecular weight excluding hydrogens is 240 g/mol. The molecule has 3 N–H and O–H groups in total. The third-order valence-electron chi connectivity index (χ3n) is 3.72. The molecule has 1 rings (SSSR count). The minimum atomic E-state index is -2.06. The SMILES string of the molecule is CC(C)(C)[Si](C)(C)O[C@H]1O[C@H](CO)[C@@H](O)[C@H]1O. The van der Waals surface area contributed by atoms with Crippen molar-refractivity contribution in [1.82, 2.24) is 0 Å². The number of hydrogen-bond donors (Lipinski definition) is 3. The van der Waals surface area contributed by atoms with E-state index in [4.69, 9.17) is 14.3 Å². The Labute approximate surface area is 103 Å². The molecule has 0 unspecified atom stereocenters. The van der Waals surface area contributed by atoms with Crippen LogP contribution in [0, 0.1) is 0 Å². The standard InChI is InChI=1S/C11H24O5Si/c1-11(2,3)17(4,5)16-10-9(14)8(13)7(6-12)15-10/h7-10,12-14H,6H2,1-5H3/t7-,8-,9-,10-/m1/s1. The highest BCUT2D eigenvalue weighted by molar-refractivity contribution is 6.74. The minimum Gasteiger partial charge on any atom is -0.394 e. The van der Waals surface area contributed by atoms with Crippen molar-refractivity contribution >= 4 is 8.32 Å². The van der Waals surface area contributed by atoms with Crippen molar-refractivity contribution in [2.45, 2.75) is 63.5 Å². The summed E-state index contributed by atoms with van der Waals surface area (Å²) in [7, 11) is -2.06. The van der Waals surface area contributed by atoms with Crippen molar-refractivity contribution in [3.8, 4) is 0 Å². The molecule has 102 valence electrons. The quantitative estimate of drug-likeness (QED) is 0.645. The number of rotatable bonds is 3. The van der Waals surface area contributed by atoms with Crippen molar-refractivity contribution in [3.63, 3.8) is 0 Å². The third kappa shape index (κ3) is 3.07. The van der Waals surface area contributed by atoms with Crippen LogP contribution in [0.3, 0.4) is 0 Å². The Hall–Kier alpha value is 0.0169. The van der Waals surface area contributed by atoms with Crippen molar-refractivity contribution < 1.29 is 24.5 Å². The zero-order chi connectivity index (χ0) is 13.4. The van der Waals surface area contributed by atoms with Gasteiger partial charge in [-0.2, -0.15) is 0 Å².